The highest BCUT2D eigenvalue weighted by molar-refractivity contribution is 6.30. The summed E-state index contributed by atoms with van der Waals surface area (Å²) in [6.07, 6.45) is 0. The van der Waals surface area contributed by atoms with Crippen molar-refractivity contribution in [3.63, 3.8) is 0 Å². The van der Waals surface area contributed by atoms with Crippen LogP contribution in [0.25, 0.3) is 0 Å². The normalized spacial score (nSPS) is 12.2. The van der Waals surface area contributed by atoms with Crippen LogP contribution in [-0.4, -0.2) is 44.6 Å². The van der Waals surface area contributed by atoms with Crippen LogP contribution < -0.4 is 10.6 Å². The molecule has 0 fully saturated rings. The van der Waals surface area contributed by atoms with Gasteiger partial charge in [-0.15, -0.1) is 0 Å². The maximum Gasteiger partial charge on any atom is 0.0698 e. The summed E-state index contributed by atoms with van der Waals surface area (Å²) in [5, 5.41) is 16.3. The van der Waals surface area contributed by atoms with Crippen LogP contribution in [0.1, 0.15) is 17.2 Å². The predicted octanol–water partition coefficient (Wildman–Crippen LogP) is 2.62. The van der Waals surface area contributed by atoms with Gasteiger partial charge in [-0.1, -0.05) is 54.1 Å². The highest BCUT2D eigenvalue weighted by Gasteiger charge is 2.12. The Morgan fingerprint density at radius 1 is 0.875 bits per heavy atom. The van der Waals surface area contributed by atoms with Gasteiger partial charge in [-0.2, -0.15) is 0 Å². The molecule has 4 nitrogen and oxygen atoms in total. The maximum atomic E-state index is 8.64. The first-order valence-electron chi connectivity index (χ1n) is 8.24. The number of hydrogen-bond donors (Lipinski definition) is 3. The topological polar surface area (TPSA) is 53.5 Å². The molecule has 0 heterocycles. The molecule has 5 heteroatoms. The van der Waals surface area contributed by atoms with Crippen molar-refractivity contribution >= 4 is 11.6 Å². The molecular weight excluding hydrogens is 324 g/mol. The molecule has 0 radical (unpaired) electrons. The summed E-state index contributed by atoms with van der Waals surface area (Å²) in [5.74, 6) is 0. The molecule has 0 amide bonds. The zero-order valence-corrected chi connectivity index (χ0v) is 14.5. The molecule has 0 saturated carbocycles. The summed E-state index contributed by atoms with van der Waals surface area (Å²) in [7, 11) is 0. The van der Waals surface area contributed by atoms with Gasteiger partial charge in [-0.05, 0) is 23.3 Å². The molecule has 1 unspecified atom stereocenters. The van der Waals surface area contributed by atoms with E-state index in [0.29, 0.717) is 13.2 Å². The van der Waals surface area contributed by atoms with Gasteiger partial charge in [0.1, 0.15) is 0 Å². The molecule has 0 aliphatic heterocycles. The van der Waals surface area contributed by atoms with E-state index in [9.17, 15) is 0 Å². The number of halogens is 1. The summed E-state index contributed by atoms with van der Waals surface area (Å²) in [5.41, 5.74) is 2.42. The van der Waals surface area contributed by atoms with Crippen LogP contribution >= 0.6 is 11.6 Å². The molecule has 2 aromatic rings. The van der Waals surface area contributed by atoms with Gasteiger partial charge in [0.15, 0.2) is 0 Å². The average molecular weight is 349 g/mol. The van der Waals surface area contributed by atoms with E-state index in [1.54, 1.807) is 0 Å². The predicted molar refractivity (Wildman–Crippen MR) is 98.5 cm³/mol. The monoisotopic (exact) mass is 348 g/mol. The van der Waals surface area contributed by atoms with Crippen LogP contribution in [0.3, 0.4) is 0 Å². The molecule has 2 rings (SSSR count). The van der Waals surface area contributed by atoms with Gasteiger partial charge in [0.2, 0.25) is 0 Å². The summed E-state index contributed by atoms with van der Waals surface area (Å²) in [4.78, 5) is 0. The first-order valence-corrected chi connectivity index (χ1v) is 8.62. The van der Waals surface area contributed by atoms with E-state index in [-0.39, 0.29) is 12.6 Å². The second kappa shape index (κ2) is 11.2. The highest BCUT2D eigenvalue weighted by atomic mass is 35.5. The van der Waals surface area contributed by atoms with E-state index in [4.69, 9.17) is 21.4 Å². The molecule has 3 N–H and O–H groups in total. The number of nitrogens with one attached hydrogen (secondary N) is 2. The van der Waals surface area contributed by atoms with Crippen LogP contribution in [0.4, 0.5) is 0 Å². The van der Waals surface area contributed by atoms with E-state index >= 15 is 0 Å². The number of ether oxygens (including phenoxy) is 1. The lowest BCUT2D eigenvalue weighted by molar-refractivity contribution is 0.0940. The first-order chi connectivity index (χ1) is 11.8. The largest absolute Gasteiger partial charge is 0.394 e. The molecule has 1 atom stereocenters. The Morgan fingerprint density at radius 3 is 2.29 bits per heavy atom. The molecule has 130 valence electrons. The minimum Gasteiger partial charge on any atom is -0.394 e. The molecular formula is C19H25ClN2O2. The van der Waals surface area contributed by atoms with Crippen LogP contribution in [0.2, 0.25) is 5.02 Å². The van der Waals surface area contributed by atoms with Crippen LogP contribution in [0.15, 0.2) is 54.6 Å². The fourth-order valence-corrected chi connectivity index (χ4v) is 2.60. The quantitative estimate of drug-likeness (QED) is 0.546. The van der Waals surface area contributed by atoms with Crippen molar-refractivity contribution in [3.05, 3.63) is 70.7 Å². The molecule has 24 heavy (non-hydrogen) atoms. The number of rotatable bonds is 11. The van der Waals surface area contributed by atoms with E-state index in [0.717, 1.165) is 24.7 Å². The Balaban J connectivity index is 1.85. The third kappa shape index (κ3) is 6.59. The van der Waals surface area contributed by atoms with Gasteiger partial charge in [-0.3, -0.25) is 0 Å². The third-order valence-corrected chi connectivity index (χ3v) is 3.90. The van der Waals surface area contributed by atoms with Crippen molar-refractivity contribution in [2.75, 3.05) is 39.5 Å². The maximum absolute atomic E-state index is 8.64. The second-order valence-electron chi connectivity index (χ2n) is 5.44. The van der Waals surface area contributed by atoms with E-state index in [1.807, 2.05) is 18.2 Å². The van der Waals surface area contributed by atoms with Gasteiger partial charge in [0.05, 0.1) is 25.9 Å². The van der Waals surface area contributed by atoms with Crippen molar-refractivity contribution in [2.45, 2.75) is 6.04 Å². The number of benzene rings is 2. The number of aliphatic hydroxyl groups is 1. The molecule has 2 aromatic carbocycles. The molecule has 0 aromatic heterocycles. The van der Waals surface area contributed by atoms with Crippen molar-refractivity contribution < 1.29 is 9.84 Å². The lowest BCUT2D eigenvalue weighted by Crippen LogP contribution is -2.32. The van der Waals surface area contributed by atoms with E-state index in [1.165, 1.54) is 11.1 Å². The van der Waals surface area contributed by atoms with Crippen LogP contribution in [-0.2, 0) is 4.74 Å². The third-order valence-electron chi connectivity index (χ3n) is 3.65. The van der Waals surface area contributed by atoms with Crippen molar-refractivity contribution in [2.24, 2.45) is 0 Å². The minimum absolute atomic E-state index is 0.0708. The Hall–Kier alpha value is -1.43. The second-order valence-corrected chi connectivity index (χ2v) is 5.87. The van der Waals surface area contributed by atoms with E-state index in [2.05, 4.69) is 47.0 Å². The fraction of sp³-hybridized carbons (Fsp3) is 0.368. The number of hydrogen-bond acceptors (Lipinski definition) is 4. The summed E-state index contributed by atoms with van der Waals surface area (Å²) in [6.45, 7) is 3.54. The SMILES string of the molecule is OCCOCCNCCNC(c1ccccc1)c1ccc(Cl)cc1. The summed E-state index contributed by atoms with van der Waals surface area (Å²) < 4.78 is 5.21. The average Bonchev–Trinajstić information content (AvgIpc) is 2.62. The number of aliphatic hydroxyl groups excluding tert-OH is 1. The Morgan fingerprint density at radius 2 is 1.58 bits per heavy atom. The molecule has 0 bridgehead atoms. The molecule has 0 spiro atoms. The molecule has 0 aliphatic carbocycles. The first kappa shape index (κ1) is 18.9. The smallest absolute Gasteiger partial charge is 0.0698 e. The minimum atomic E-state index is 0.0708. The van der Waals surface area contributed by atoms with Gasteiger partial charge in [0.25, 0.3) is 0 Å². The van der Waals surface area contributed by atoms with E-state index < -0.39 is 0 Å². The lowest BCUT2D eigenvalue weighted by atomic mass is 9.99. The lowest BCUT2D eigenvalue weighted by Gasteiger charge is -2.20. The zero-order chi connectivity index (χ0) is 17.0. The zero-order valence-electron chi connectivity index (χ0n) is 13.7. The van der Waals surface area contributed by atoms with Gasteiger partial charge in [0, 0.05) is 24.7 Å². The standard InChI is InChI=1S/C19H25ClN2O2/c20-18-8-6-17(7-9-18)19(16-4-2-1-3-5-16)22-11-10-21-12-14-24-15-13-23/h1-9,19,21-23H,10-15H2. The molecule has 0 aliphatic rings. The summed E-state index contributed by atoms with van der Waals surface area (Å²) >= 11 is 6.00. The molecule has 0 saturated heterocycles. The Bertz CT molecular complexity index is 563. The van der Waals surface area contributed by atoms with Crippen molar-refractivity contribution in [1.82, 2.24) is 10.6 Å². The Labute approximate surface area is 148 Å². The Kier molecular flexibility index (Phi) is 8.81. The van der Waals surface area contributed by atoms with Crippen LogP contribution in [0.5, 0.6) is 0 Å². The van der Waals surface area contributed by atoms with Crippen LogP contribution in [0, 0.1) is 0 Å². The fourth-order valence-electron chi connectivity index (χ4n) is 2.47. The van der Waals surface area contributed by atoms with Gasteiger partial charge >= 0.3 is 0 Å². The van der Waals surface area contributed by atoms with Gasteiger partial charge in [-0.25, -0.2) is 0 Å². The van der Waals surface area contributed by atoms with Gasteiger partial charge < -0.3 is 20.5 Å². The van der Waals surface area contributed by atoms with Crippen molar-refractivity contribution in [3.8, 4) is 0 Å². The van der Waals surface area contributed by atoms with Crippen molar-refractivity contribution in [1.29, 1.82) is 0 Å². The summed E-state index contributed by atoms with van der Waals surface area (Å²) in [6, 6.07) is 18.5. The highest BCUT2D eigenvalue weighted by Crippen LogP contribution is 2.23.